The van der Waals surface area contributed by atoms with Gasteiger partial charge in [0.15, 0.2) is 22.8 Å². The van der Waals surface area contributed by atoms with Gasteiger partial charge < -0.3 is 13.9 Å². The molecule has 1 aliphatic heterocycles. The molecule has 2 atom stereocenters. The third-order valence-electron chi connectivity index (χ3n) is 6.62. The highest BCUT2D eigenvalue weighted by molar-refractivity contribution is 6.99. The molecule has 2 aliphatic rings. The average Bonchev–Trinajstić information content (AvgIpc) is 3.03. The summed E-state index contributed by atoms with van der Waals surface area (Å²) in [5.41, 5.74) is -2.82. The van der Waals surface area contributed by atoms with E-state index in [1.165, 1.54) is 6.08 Å². The van der Waals surface area contributed by atoms with Gasteiger partial charge in [-0.1, -0.05) is 81.4 Å². The Bertz CT molecular complexity index is 1010. The number of fused-ring (bicyclic) bond motifs is 1. The van der Waals surface area contributed by atoms with Crippen molar-refractivity contribution in [1.29, 1.82) is 0 Å². The van der Waals surface area contributed by atoms with Crippen LogP contribution in [0.2, 0.25) is 5.04 Å². The van der Waals surface area contributed by atoms with Crippen molar-refractivity contribution in [3.63, 3.8) is 0 Å². The first-order chi connectivity index (χ1) is 14.9. The minimum atomic E-state index is -2.90. The Labute approximate surface area is 190 Å². The third kappa shape index (κ3) is 3.32. The van der Waals surface area contributed by atoms with Gasteiger partial charge >= 0.3 is 0 Å². The van der Waals surface area contributed by atoms with Crippen LogP contribution in [-0.4, -0.2) is 37.7 Å². The summed E-state index contributed by atoms with van der Waals surface area (Å²) in [6.45, 7) is 11.6. The Balaban J connectivity index is 1.86. The molecular formula is C26H31FO4Si. The molecule has 0 N–H and O–H groups in total. The zero-order valence-corrected chi connectivity index (χ0v) is 20.6. The second-order valence-electron chi connectivity index (χ2n) is 10.3. The lowest BCUT2D eigenvalue weighted by molar-refractivity contribution is -0.173. The van der Waals surface area contributed by atoms with E-state index < -0.39 is 36.9 Å². The van der Waals surface area contributed by atoms with Crippen LogP contribution in [0.25, 0.3) is 0 Å². The molecule has 0 bridgehead atoms. The smallest absolute Gasteiger partial charge is 0.261 e. The average molecular weight is 455 g/mol. The summed E-state index contributed by atoms with van der Waals surface area (Å²) < 4.78 is 33.8. The van der Waals surface area contributed by atoms with E-state index in [0.717, 1.165) is 10.4 Å². The molecule has 0 radical (unpaired) electrons. The van der Waals surface area contributed by atoms with Gasteiger partial charge in [-0.15, -0.1) is 0 Å². The molecule has 4 nitrogen and oxygen atoms in total. The molecule has 4 rings (SSSR count). The first-order valence-electron chi connectivity index (χ1n) is 11.0. The first kappa shape index (κ1) is 23.0. The molecule has 1 fully saturated rings. The second-order valence-corrected chi connectivity index (χ2v) is 14.6. The Morgan fingerprint density at radius 3 is 1.88 bits per heavy atom. The van der Waals surface area contributed by atoms with Crippen molar-refractivity contribution in [2.75, 3.05) is 6.61 Å². The highest BCUT2D eigenvalue weighted by Gasteiger charge is 2.69. The van der Waals surface area contributed by atoms with Crippen LogP contribution in [0, 0.1) is 0 Å². The lowest BCUT2D eigenvalue weighted by Crippen LogP contribution is -2.68. The van der Waals surface area contributed by atoms with Gasteiger partial charge in [0.1, 0.15) is 0 Å². The van der Waals surface area contributed by atoms with Crippen molar-refractivity contribution in [1.82, 2.24) is 0 Å². The third-order valence-corrected chi connectivity index (χ3v) is 11.6. The van der Waals surface area contributed by atoms with Crippen LogP contribution in [0.1, 0.15) is 41.5 Å². The van der Waals surface area contributed by atoms with E-state index in [9.17, 15) is 9.18 Å². The normalized spacial score (nSPS) is 27.3. The van der Waals surface area contributed by atoms with E-state index in [1.807, 2.05) is 36.4 Å². The topological polar surface area (TPSA) is 44.8 Å². The van der Waals surface area contributed by atoms with Crippen LogP contribution in [-0.2, 0) is 18.7 Å². The van der Waals surface area contributed by atoms with Gasteiger partial charge in [-0.05, 0) is 42.3 Å². The van der Waals surface area contributed by atoms with Crippen molar-refractivity contribution in [3.8, 4) is 0 Å². The maximum absolute atomic E-state index is 14.6. The Morgan fingerprint density at radius 1 is 0.906 bits per heavy atom. The highest BCUT2D eigenvalue weighted by atomic mass is 28.4. The van der Waals surface area contributed by atoms with Gasteiger partial charge in [-0.3, -0.25) is 4.79 Å². The minimum absolute atomic E-state index is 0.000624. The monoisotopic (exact) mass is 454 g/mol. The van der Waals surface area contributed by atoms with Crippen molar-refractivity contribution in [3.05, 3.63) is 72.6 Å². The highest BCUT2D eigenvalue weighted by Crippen LogP contribution is 2.52. The number of halogens is 1. The fourth-order valence-electron chi connectivity index (χ4n) is 5.22. The first-order valence-corrected chi connectivity index (χ1v) is 12.9. The summed E-state index contributed by atoms with van der Waals surface area (Å²) in [5, 5.41) is 1.94. The van der Waals surface area contributed by atoms with Crippen molar-refractivity contribution >= 4 is 24.5 Å². The van der Waals surface area contributed by atoms with E-state index in [-0.39, 0.29) is 11.6 Å². The lowest BCUT2D eigenvalue weighted by atomic mass is 9.87. The van der Waals surface area contributed by atoms with E-state index in [4.69, 9.17) is 13.9 Å². The number of carbonyl (C=O) groups is 1. The summed E-state index contributed by atoms with van der Waals surface area (Å²) in [6, 6.07) is 20.4. The van der Waals surface area contributed by atoms with Gasteiger partial charge in [-0.25, -0.2) is 4.39 Å². The quantitative estimate of drug-likeness (QED) is 0.633. The maximum Gasteiger partial charge on any atom is 0.261 e. The summed E-state index contributed by atoms with van der Waals surface area (Å²) in [4.78, 5) is 12.8. The summed E-state index contributed by atoms with van der Waals surface area (Å²) in [5.74, 6) is -2.58. The molecular weight excluding hydrogens is 423 g/mol. The lowest BCUT2D eigenvalue weighted by Gasteiger charge is -2.45. The molecule has 32 heavy (non-hydrogen) atoms. The number of benzene rings is 2. The van der Waals surface area contributed by atoms with Crippen LogP contribution in [0.15, 0.2) is 72.6 Å². The van der Waals surface area contributed by atoms with Crippen molar-refractivity contribution in [2.45, 2.75) is 63.6 Å². The van der Waals surface area contributed by atoms with Gasteiger partial charge in [0, 0.05) is 0 Å². The standard InChI is InChI=1S/C26H31FO4Si/c1-23(2,3)32(19-13-9-7-10-14-19,20-15-11-8-12-16-20)29-18-26-17-21(27)22(28)25(26,6)30-24(4,5)31-26/h7-17H,18H2,1-6H3/t25-,26+/m0/s1. The van der Waals surface area contributed by atoms with Gasteiger partial charge in [0.2, 0.25) is 5.78 Å². The number of carbonyl (C=O) groups excluding carboxylic acids is 1. The number of hydrogen-bond donors (Lipinski definition) is 0. The zero-order valence-electron chi connectivity index (χ0n) is 19.6. The fraction of sp³-hybridized carbons (Fsp3) is 0.423. The van der Waals surface area contributed by atoms with Crippen LogP contribution in [0.5, 0.6) is 0 Å². The molecule has 0 spiro atoms. The molecule has 0 saturated carbocycles. The number of hydrogen-bond acceptors (Lipinski definition) is 4. The van der Waals surface area contributed by atoms with Crippen LogP contribution in [0.4, 0.5) is 4.39 Å². The van der Waals surface area contributed by atoms with E-state index in [1.54, 1.807) is 20.8 Å². The van der Waals surface area contributed by atoms with E-state index in [0.29, 0.717) is 0 Å². The maximum atomic E-state index is 14.6. The van der Waals surface area contributed by atoms with Crippen molar-refractivity contribution in [2.24, 2.45) is 0 Å². The minimum Gasteiger partial charge on any atom is -0.404 e. The van der Waals surface area contributed by atoms with E-state index in [2.05, 4.69) is 45.0 Å². The number of ketones is 1. The fourth-order valence-corrected chi connectivity index (χ4v) is 9.81. The van der Waals surface area contributed by atoms with Gasteiger partial charge in [0.25, 0.3) is 8.32 Å². The van der Waals surface area contributed by atoms with Crippen LogP contribution in [0.3, 0.4) is 0 Å². The molecule has 1 heterocycles. The summed E-state index contributed by atoms with van der Waals surface area (Å²) >= 11 is 0. The van der Waals surface area contributed by atoms with Crippen molar-refractivity contribution < 1.29 is 23.1 Å². The molecule has 6 heteroatoms. The second kappa shape index (κ2) is 7.45. The van der Waals surface area contributed by atoms with Gasteiger partial charge in [0.05, 0.1) is 6.61 Å². The van der Waals surface area contributed by atoms with E-state index >= 15 is 0 Å². The van der Waals surface area contributed by atoms with Gasteiger partial charge in [-0.2, -0.15) is 0 Å². The molecule has 2 aromatic carbocycles. The Morgan fingerprint density at radius 2 is 1.41 bits per heavy atom. The predicted molar refractivity (Wildman–Crippen MR) is 125 cm³/mol. The SMILES string of the molecule is CC1(C)O[C@@]2(CO[Si](c3ccccc3)(c3ccccc3)C(C)(C)C)C=C(F)C(=O)[C@]2(C)O1. The molecule has 0 unspecified atom stereocenters. The Hall–Kier alpha value is -2.12. The van der Waals surface area contributed by atoms with Crippen LogP contribution >= 0.6 is 0 Å². The zero-order chi connectivity index (χ0) is 23.4. The Kier molecular flexibility index (Phi) is 5.37. The number of Topliss-reactive ketones (excluding diaryl/α,β-unsaturated/α-hetero) is 1. The molecule has 2 aromatic rings. The molecule has 1 aliphatic carbocycles. The van der Waals surface area contributed by atoms with Crippen LogP contribution < -0.4 is 10.4 Å². The largest absolute Gasteiger partial charge is 0.404 e. The summed E-state index contributed by atoms with van der Waals surface area (Å²) in [6.07, 6.45) is 1.25. The number of ether oxygens (including phenoxy) is 2. The molecule has 170 valence electrons. The molecule has 0 amide bonds. The summed E-state index contributed by atoms with van der Waals surface area (Å²) in [7, 11) is -2.90. The predicted octanol–water partition coefficient (Wildman–Crippen LogP) is 4.28. The molecule has 0 aromatic heterocycles. The number of rotatable bonds is 5. The molecule has 1 saturated heterocycles.